The highest BCUT2D eigenvalue weighted by Gasteiger charge is 2.53. The zero-order valence-electron chi connectivity index (χ0n) is 35.8. The number of carbonyl (C=O) groups is 2. The van der Waals surface area contributed by atoms with Gasteiger partial charge in [-0.05, 0) is 104 Å². The Labute approximate surface area is 362 Å². The number of aryl methyl sites for hydroxylation is 1. The highest BCUT2D eigenvalue weighted by molar-refractivity contribution is 5.90. The molecular formula is C54H52O8. The number of allylic oxidation sites excluding steroid dienone is 3. The summed E-state index contributed by atoms with van der Waals surface area (Å²) in [4.78, 5) is 42.9. The van der Waals surface area contributed by atoms with Gasteiger partial charge in [0, 0.05) is 54.7 Å². The van der Waals surface area contributed by atoms with Crippen molar-refractivity contribution in [3.63, 3.8) is 0 Å². The van der Waals surface area contributed by atoms with E-state index in [1.807, 2.05) is 39.0 Å². The summed E-state index contributed by atoms with van der Waals surface area (Å²) in [7, 11) is 1.58. The van der Waals surface area contributed by atoms with Gasteiger partial charge in [-0.3, -0.25) is 4.79 Å². The molecule has 0 spiro atoms. The summed E-state index contributed by atoms with van der Waals surface area (Å²) in [6.45, 7) is 6.01. The van der Waals surface area contributed by atoms with Gasteiger partial charge < -0.3 is 23.4 Å². The summed E-state index contributed by atoms with van der Waals surface area (Å²) < 4.78 is 31.4. The van der Waals surface area contributed by atoms with Crippen LogP contribution < -0.4 is 10.4 Å². The maximum absolute atomic E-state index is 14.9. The molecule has 4 aliphatic rings. The van der Waals surface area contributed by atoms with Crippen LogP contribution in [0.15, 0.2) is 124 Å². The van der Waals surface area contributed by atoms with E-state index in [4.69, 9.17) is 23.4 Å². The lowest BCUT2D eigenvalue weighted by Crippen LogP contribution is -2.54. The van der Waals surface area contributed by atoms with Crippen LogP contribution in [-0.2, 0) is 49.5 Å². The molecule has 0 fully saturated rings. The maximum atomic E-state index is 14.9. The van der Waals surface area contributed by atoms with Crippen molar-refractivity contribution in [2.45, 2.75) is 102 Å². The van der Waals surface area contributed by atoms with Crippen molar-refractivity contribution in [3.05, 3.63) is 169 Å². The van der Waals surface area contributed by atoms with E-state index in [0.29, 0.717) is 66.5 Å². The third-order valence-electron chi connectivity index (χ3n) is 13.1. The summed E-state index contributed by atoms with van der Waals surface area (Å²) in [5.41, 5.74) is 7.69. The summed E-state index contributed by atoms with van der Waals surface area (Å²) in [6.07, 6.45) is 6.05. The second-order valence-corrected chi connectivity index (χ2v) is 17.7. The van der Waals surface area contributed by atoms with Gasteiger partial charge in [-0.1, -0.05) is 102 Å². The second kappa shape index (κ2) is 17.3. The van der Waals surface area contributed by atoms with Gasteiger partial charge in [0.25, 0.3) is 0 Å². The van der Waals surface area contributed by atoms with Crippen molar-refractivity contribution < 1.29 is 33.0 Å². The molecule has 4 heterocycles. The molecule has 5 aromatic rings. The topological polar surface area (TPSA) is 101 Å². The quantitative estimate of drug-likeness (QED) is 0.0549. The van der Waals surface area contributed by atoms with Crippen molar-refractivity contribution in [1.29, 1.82) is 0 Å². The van der Waals surface area contributed by atoms with Gasteiger partial charge in [0.2, 0.25) is 0 Å². The van der Waals surface area contributed by atoms with Gasteiger partial charge in [-0.15, -0.1) is 0 Å². The molecule has 6 unspecified atom stereocenters. The molecule has 6 atom stereocenters. The molecule has 8 heteroatoms. The van der Waals surface area contributed by atoms with Gasteiger partial charge >= 0.3 is 17.6 Å². The van der Waals surface area contributed by atoms with Crippen LogP contribution in [0.5, 0.6) is 5.75 Å². The average Bonchev–Trinajstić information content (AvgIpc) is 3.25. The Morgan fingerprint density at radius 2 is 1.71 bits per heavy atom. The van der Waals surface area contributed by atoms with Crippen molar-refractivity contribution in [1.82, 2.24) is 0 Å². The van der Waals surface area contributed by atoms with Crippen molar-refractivity contribution >= 4 is 22.9 Å². The Morgan fingerprint density at radius 3 is 2.53 bits per heavy atom. The minimum absolute atomic E-state index is 0.0700. The monoisotopic (exact) mass is 828 g/mol. The number of esters is 2. The maximum Gasteiger partial charge on any atom is 0.339 e. The first-order chi connectivity index (χ1) is 30.1. The van der Waals surface area contributed by atoms with Crippen LogP contribution in [0.25, 0.3) is 11.0 Å². The fourth-order valence-electron chi connectivity index (χ4n) is 9.85. The highest BCUT2D eigenvalue weighted by atomic mass is 16.6. The minimum Gasteiger partial charge on any atom is -0.482 e. The molecule has 0 amide bonds. The summed E-state index contributed by atoms with van der Waals surface area (Å²) in [6, 6.07) is 31.2. The zero-order chi connectivity index (χ0) is 43.0. The van der Waals surface area contributed by atoms with E-state index in [-0.39, 0.29) is 36.2 Å². The second-order valence-electron chi connectivity index (χ2n) is 17.7. The van der Waals surface area contributed by atoms with Crippen LogP contribution in [0.2, 0.25) is 0 Å². The number of hydrogen-bond donors (Lipinski definition) is 0. The molecule has 62 heavy (non-hydrogen) atoms. The van der Waals surface area contributed by atoms with E-state index >= 15 is 0 Å². The third-order valence-corrected chi connectivity index (χ3v) is 13.1. The predicted octanol–water partition coefficient (Wildman–Crippen LogP) is 9.99. The molecule has 3 aliphatic heterocycles. The van der Waals surface area contributed by atoms with Crippen LogP contribution in [0, 0.1) is 17.8 Å². The van der Waals surface area contributed by atoms with Crippen LogP contribution in [0.3, 0.4) is 0 Å². The van der Waals surface area contributed by atoms with Gasteiger partial charge in [0.15, 0.2) is 17.8 Å². The lowest BCUT2D eigenvalue weighted by Gasteiger charge is -2.44. The molecule has 1 aliphatic carbocycles. The molecule has 5 bridgehead atoms. The van der Waals surface area contributed by atoms with Crippen molar-refractivity contribution in [3.8, 4) is 17.6 Å². The molecule has 0 saturated carbocycles. The summed E-state index contributed by atoms with van der Waals surface area (Å²) in [5.74, 6) is 6.12. The molecule has 1 aromatic heterocycles. The minimum atomic E-state index is -1.25. The Balaban J connectivity index is 1.18. The van der Waals surface area contributed by atoms with Crippen molar-refractivity contribution in [2.75, 3.05) is 13.7 Å². The molecule has 4 aromatic carbocycles. The van der Waals surface area contributed by atoms with Gasteiger partial charge in [-0.25, -0.2) is 9.59 Å². The van der Waals surface area contributed by atoms with Crippen LogP contribution in [0.4, 0.5) is 0 Å². The Hall–Kier alpha value is -6.17. The molecular weight excluding hydrogens is 777 g/mol. The molecule has 316 valence electrons. The van der Waals surface area contributed by atoms with Crippen LogP contribution in [0.1, 0.15) is 109 Å². The first kappa shape index (κ1) is 41.2. The van der Waals surface area contributed by atoms with Crippen LogP contribution in [-0.4, -0.2) is 37.4 Å². The van der Waals surface area contributed by atoms with Crippen LogP contribution >= 0.6 is 0 Å². The Kier molecular flexibility index (Phi) is 11.5. The number of benzene rings is 4. The SMILES string of the molecule is COCCc1cc2ccc3c(c2oc1=O)C1OC(=O)CC2CC(c4cccc(Cc5ccccc5)c4)C=CC2c2ccc4cc2CC#CCC(C)(O3)C1OC(=O)C(=C(C)C)CC4. The van der Waals surface area contributed by atoms with E-state index in [1.54, 1.807) is 13.2 Å². The summed E-state index contributed by atoms with van der Waals surface area (Å²) >= 11 is 0. The third kappa shape index (κ3) is 8.26. The molecule has 0 saturated heterocycles. The first-order valence-corrected chi connectivity index (χ1v) is 21.8. The number of hydrogen-bond acceptors (Lipinski definition) is 8. The first-order valence-electron chi connectivity index (χ1n) is 21.8. The van der Waals surface area contributed by atoms with Crippen molar-refractivity contribution in [2.24, 2.45) is 5.92 Å². The van der Waals surface area contributed by atoms with Gasteiger partial charge in [0.1, 0.15) is 11.3 Å². The fourth-order valence-corrected chi connectivity index (χ4v) is 9.85. The van der Waals surface area contributed by atoms with E-state index in [1.165, 1.54) is 16.7 Å². The standard InChI is InChI=1S/C54H52O8/c1-33(2)43-20-16-35-17-21-44-39(28-35)14-8-9-25-54(3)51(61-53(43)57)50(48-46(62-54)23-19-40-31-41(24-26-58-4)52(56)60-49(40)48)59-47(55)32-42-30-38(18-22-45(42)44)37-15-10-13-36(29-37)27-34-11-6-5-7-12-34/h5-7,10-13,15,17-19,21-23,28-29,31,38,42,45,50-51H,14,16,20,24-27,30,32H2,1-4H3. The number of carbonyl (C=O) groups excluding carboxylic acids is 2. The lowest BCUT2D eigenvalue weighted by atomic mass is 9.71. The van der Waals surface area contributed by atoms with E-state index in [2.05, 4.69) is 90.7 Å². The van der Waals surface area contributed by atoms with E-state index < -0.39 is 35.4 Å². The number of methoxy groups -OCH3 is 1. The number of fused-ring (bicyclic) bond motifs is 9. The van der Waals surface area contributed by atoms with E-state index in [0.717, 1.165) is 28.7 Å². The molecule has 0 N–H and O–H groups in total. The average molecular weight is 829 g/mol. The van der Waals surface area contributed by atoms with E-state index in [9.17, 15) is 14.4 Å². The zero-order valence-corrected chi connectivity index (χ0v) is 35.8. The Morgan fingerprint density at radius 1 is 0.871 bits per heavy atom. The Bertz CT molecular complexity index is 2730. The number of ether oxygens (including phenoxy) is 4. The molecule has 0 radical (unpaired) electrons. The van der Waals surface area contributed by atoms with Gasteiger partial charge in [0.05, 0.1) is 18.6 Å². The molecule has 9 rings (SSSR count). The molecule has 8 nitrogen and oxygen atoms in total. The highest BCUT2D eigenvalue weighted by Crippen LogP contribution is 2.49. The smallest absolute Gasteiger partial charge is 0.339 e. The summed E-state index contributed by atoms with van der Waals surface area (Å²) in [5, 5.41) is 0.625. The predicted molar refractivity (Wildman–Crippen MR) is 238 cm³/mol. The van der Waals surface area contributed by atoms with Gasteiger partial charge in [-0.2, -0.15) is 0 Å². The normalized spacial score (nSPS) is 24.3. The number of rotatable bonds is 6. The lowest BCUT2D eigenvalue weighted by molar-refractivity contribution is -0.190. The largest absolute Gasteiger partial charge is 0.482 e. The fraction of sp³-hybridized carbons (Fsp3) is 0.352.